The minimum Gasteiger partial charge on any atom is -0.494 e. The van der Waals surface area contributed by atoms with Crippen molar-refractivity contribution >= 4 is 45.6 Å². The average Bonchev–Trinajstić information content (AvgIpc) is 2.88. The summed E-state index contributed by atoms with van der Waals surface area (Å²) in [6.07, 6.45) is 0. The molecule has 3 N–H and O–H groups in total. The molecule has 0 saturated carbocycles. The van der Waals surface area contributed by atoms with E-state index < -0.39 is 17.1 Å². The van der Waals surface area contributed by atoms with Crippen LogP contribution in [-0.4, -0.2) is 26.6 Å². The van der Waals surface area contributed by atoms with E-state index in [1.54, 1.807) is 38.1 Å². The number of anilines is 1. The van der Waals surface area contributed by atoms with E-state index in [1.165, 1.54) is 6.07 Å². The minimum atomic E-state index is -0.869. The number of nitrogens with zero attached hydrogens (tertiary/aromatic N) is 1. The first-order valence-corrected chi connectivity index (χ1v) is 8.97. The number of aromatic nitrogens is 1. The number of alkyl halides is 1. The molecule has 0 aliphatic carbocycles. The molecule has 1 aromatic heterocycles. The molecule has 3 aromatic rings. The zero-order chi connectivity index (χ0) is 19.9. The highest BCUT2D eigenvalue weighted by molar-refractivity contribution is 6.34. The van der Waals surface area contributed by atoms with Gasteiger partial charge < -0.3 is 15.5 Å². The second-order valence-electron chi connectivity index (χ2n) is 6.78. The number of aromatic hydroxyl groups is 2. The van der Waals surface area contributed by atoms with E-state index in [0.29, 0.717) is 10.8 Å². The van der Waals surface area contributed by atoms with Gasteiger partial charge in [0, 0.05) is 16.7 Å². The summed E-state index contributed by atoms with van der Waals surface area (Å²) in [5.41, 5.74) is -0.899. The summed E-state index contributed by atoms with van der Waals surface area (Å²) in [4.78, 5) is 12.4. The van der Waals surface area contributed by atoms with E-state index in [9.17, 15) is 19.4 Å². The SMILES string of the molecule is CC(C)(CCl)C(=O)Nc1cc(-n2c(O)c3ccccc3c2O)c(F)cc1Cl. The molecule has 0 aliphatic heterocycles. The van der Waals surface area contributed by atoms with E-state index in [2.05, 4.69) is 5.32 Å². The fraction of sp³-hybridized carbons (Fsp3) is 0.211. The van der Waals surface area contributed by atoms with Gasteiger partial charge in [0.25, 0.3) is 0 Å². The van der Waals surface area contributed by atoms with Crippen LogP contribution in [0, 0.1) is 11.2 Å². The fourth-order valence-corrected chi connectivity index (χ4v) is 2.92. The summed E-state index contributed by atoms with van der Waals surface area (Å²) in [5.74, 6) is -1.76. The summed E-state index contributed by atoms with van der Waals surface area (Å²) in [7, 11) is 0. The molecule has 142 valence electrons. The Labute approximate surface area is 164 Å². The lowest BCUT2D eigenvalue weighted by molar-refractivity contribution is -0.122. The number of carbonyl (C=O) groups is 1. The lowest BCUT2D eigenvalue weighted by Gasteiger charge is -2.21. The number of nitrogens with one attached hydrogen (secondary N) is 1. The van der Waals surface area contributed by atoms with Gasteiger partial charge in [-0.3, -0.25) is 4.79 Å². The first-order chi connectivity index (χ1) is 12.7. The van der Waals surface area contributed by atoms with Gasteiger partial charge in [-0.05, 0) is 38.1 Å². The number of rotatable bonds is 4. The van der Waals surface area contributed by atoms with Crippen LogP contribution < -0.4 is 5.32 Å². The van der Waals surface area contributed by atoms with E-state index in [0.717, 1.165) is 10.6 Å². The molecular weight excluding hydrogens is 394 g/mol. The summed E-state index contributed by atoms with van der Waals surface area (Å²) in [6, 6.07) is 8.82. The Morgan fingerprint density at radius 2 is 1.74 bits per heavy atom. The number of hydrogen-bond acceptors (Lipinski definition) is 3. The maximum atomic E-state index is 14.6. The van der Waals surface area contributed by atoms with Crippen molar-refractivity contribution in [1.29, 1.82) is 0 Å². The summed E-state index contributed by atoms with van der Waals surface area (Å²) in [5, 5.41) is 24.2. The quantitative estimate of drug-likeness (QED) is 0.527. The van der Waals surface area contributed by atoms with Crippen LogP contribution in [0.25, 0.3) is 16.5 Å². The Bertz CT molecular complexity index is 1010. The molecule has 0 radical (unpaired) electrons. The molecule has 0 unspecified atom stereocenters. The van der Waals surface area contributed by atoms with Gasteiger partial charge in [-0.15, -0.1) is 11.6 Å². The molecule has 1 heterocycles. The Balaban J connectivity index is 2.15. The highest BCUT2D eigenvalue weighted by Crippen LogP contribution is 2.40. The van der Waals surface area contributed by atoms with Gasteiger partial charge in [-0.1, -0.05) is 23.7 Å². The third-order valence-electron chi connectivity index (χ3n) is 4.31. The lowest BCUT2D eigenvalue weighted by Crippen LogP contribution is -2.32. The van der Waals surface area contributed by atoms with Crippen LogP contribution >= 0.6 is 23.2 Å². The van der Waals surface area contributed by atoms with Gasteiger partial charge in [0.1, 0.15) is 5.82 Å². The van der Waals surface area contributed by atoms with Crippen LogP contribution in [0.5, 0.6) is 11.8 Å². The monoisotopic (exact) mass is 410 g/mol. The van der Waals surface area contributed by atoms with Crippen molar-refractivity contribution < 1.29 is 19.4 Å². The van der Waals surface area contributed by atoms with E-state index >= 15 is 0 Å². The molecule has 2 aromatic carbocycles. The normalized spacial score (nSPS) is 11.7. The molecule has 5 nitrogen and oxygen atoms in total. The van der Waals surface area contributed by atoms with Crippen molar-refractivity contribution in [2.45, 2.75) is 13.8 Å². The van der Waals surface area contributed by atoms with Crippen LogP contribution in [0.1, 0.15) is 13.8 Å². The molecule has 0 spiro atoms. The molecule has 1 amide bonds. The molecule has 0 atom stereocenters. The van der Waals surface area contributed by atoms with Gasteiger partial charge in [0.05, 0.1) is 21.8 Å². The van der Waals surface area contributed by atoms with E-state index in [-0.39, 0.29) is 34.0 Å². The highest BCUT2D eigenvalue weighted by atomic mass is 35.5. The topological polar surface area (TPSA) is 74.5 Å². The van der Waals surface area contributed by atoms with Gasteiger partial charge in [-0.2, -0.15) is 0 Å². The predicted molar refractivity (Wildman–Crippen MR) is 105 cm³/mol. The fourth-order valence-electron chi connectivity index (χ4n) is 2.60. The Morgan fingerprint density at radius 1 is 1.19 bits per heavy atom. The second kappa shape index (κ2) is 6.94. The predicted octanol–water partition coefficient (Wildman–Crippen LogP) is 5.04. The molecule has 0 saturated heterocycles. The minimum absolute atomic E-state index is 0.0225. The van der Waals surface area contributed by atoms with Gasteiger partial charge in [0.2, 0.25) is 17.7 Å². The van der Waals surface area contributed by atoms with Crippen LogP contribution in [0.15, 0.2) is 36.4 Å². The Kier molecular flexibility index (Phi) is 4.97. The van der Waals surface area contributed by atoms with E-state index in [1.807, 2.05) is 0 Å². The molecule has 3 rings (SSSR count). The molecule has 8 heteroatoms. The first kappa shape index (κ1) is 19.3. The Hall–Kier alpha value is -2.44. The van der Waals surface area contributed by atoms with Gasteiger partial charge in [0.15, 0.2) is 0 Å². The van der Waals surface area contributed by atoms with Crippen LogP contribution in [0.4, 0.5) is 10.1 Å². The molecule has 0 bridgehead atoms. The molecule has 27 heavy (non-hydrogen) atoms. The number of benzene rings is 2. The van der Waals surface area contributed by atoms with Crippen molar-refractivity contribution in [3.63, 3.8) is 0 Å². The number of amides is 1. The highest BCUT2D eigenvalue weighted by Gasteiger charge is 2.28. The van der Waals surface area contributed by atoms with Gasteiger partial charge in [-0.25, -0.2) is 8.96 Å². The van der Waals surface area contributed by atoms with Crippen LogP contribution in [-0.2, 0) is 4.79 Å². The molecule has 0 aliphatic rings. The second-order valence-corrected chi connectivity index (χ2v) is 7.46. The smallest absolute Gasteiger partial charge is 0.231 e. The lowest BCUT2D eigenvalue weighted by atomic mass is 9.95. The third kappa shape index (κ3) is 3.31. The summed E-state index contributed by atoms with van der Waals surface area (Å²) < 4.78 is 15.5. The van der Waals surface area contributed by atoms with Crippen molar-refractivity contribution in [3.05, 3.63) is 47.2 Å². The third-order valence-corrected chi connectivity index (χ3v) is 5.29. The van der Waals surface area contributed by atoms with Crippen LogP contribution in [0.3, 0.4) is 0 Å². The number of halogens is 3. The number of hydrogen-bond donors (Lipinski definition) is 3. The van der Waals surface area contributed by atoms with Crippen molar-refractivity contribution in [2.24, 2.45) is 5.41 Å². The zero-order valence-electron chi connectivity index (χ0n) is 14.6. The molecule has 0 fully saturated rings. The Morgan fingerprint density at radius 3 is 2.26 bits per heavy atom. The largest absolute Gasteiger partial charge is 0.494 e. The standard InChI is InChI=1S/C19H17Cl2FN2O3/c1-19(2,9-20)18(27)23-14-8-15(13(22)7-12(14)21)24-16(25)10-5-3-4-6-11(10)17(24)26/h3-8,25-26H,9H2,1-2H3,(H,23,27). The average molecular weight is 411 g/mol. The van der Waals surface area contributed by atoms with E-state index in [4.69, 9.17) is 23.2 Å². The van der Waals surface area contributed by atoms with Crippen molar-refractivity contribution in [3.8, 4) is 17.4 Å². The maximum absolute atomic E-state index is 14.6. The molecular formula is C19H17Cl2FN2O3. The van der Waals surface area contributed by atoms with Gasteiger partial charge >= 0.3 is 0 Å². The maximum Gasteiger partial charge on any atom is 0.231 e. The van der Waals surface area contributed by atoms with Crippen LogP contribution in [0.2, 0.25) is 5.02 Å². The summed E-state index contributed by atoms with van der Waals surface area (Å²) >= 11 is 11.9. The van der Waals surface area contributed by atoms with Crippen molar-refractivity contribution in [2.75, 3.05) is 11.2 Å². The summed E-state index contributed by atoms with van der Waals surface area (Å²) in [6.45, 7) is 3.31. The first-order valence-electron chi connectivity index (χ1n) is 8.05. The number of fused-ring (bicyclic) bond motifs is 1. The number of carbonyl (C=O) groups excluding carboxylic acids is 1. The zero-order valence-corrected chi connectivity index (χ0v) is 16.1. The van der Waals surface area contributed by atoms with Crippen molar-refractivity contribution in [1.82, 2.24) is 4.57 Å².